The van der Waals surface area contributed by atoms with Crippen LogP contribution in [-0.2, 0) is 11.2 Å². The molecule has 0 aromatic carbocycles. The first-order valence-corrected chi connectivity index (χ1v) is 5.95. The van der Waals surface area contributed by atoms with E-state index in [0.29, 0.717) is 0 Å². The van der Waals surface area contributed by atoms with Gasteiger partial charge in [-0.2, -0.15) is 0 Å². The Bertz CT molecular complexity index is 308. The summed E-state index contributed by atoms with van der Waals surface area (Å²) < 4.78 is 0. The van der Waals surface area contributed by atoms with E-state index in [4.69, 9.17) is 5.73 Å². The van der Waals surface area contributed by atoms with Crippen molar-refractivity contribution in [3.63, 3.8) is 0 Å². The number of carbonyl (C=O) groups is 1. The summed E-state index contributed by atoms with van der Waals surface area (Å²) in [6.07, 6.45) is 0.895. The Kier molecular flexibility index (Phi) is 4.29. The van der Waals surface area contributed by atoms with Crippen molar-refractivity contribution in [3.05, 3.63) is 22.4 Å². The predicted molar refractivity (Wildman–Crippen MR) is 63.9 cm³/mol. The van der Waals surface area contributed by atoms with Crippen molar-refractivity contribution in [1.29, 1.82) is 0 Å². The molecular weight excluding hydrogens is 208 g/mol. The van der Waals surface area contributed by atoms with Crippen LogP contribution in [0.25, 0.3) is 0 Å². The number of thiophene rings is 1. The minimum atomic E-state index is -0.416. The van der Waals surface area contributed by atoms with Crippen LogP contribution in [0.2, 0.25) is 0 Å². The largest absolute Gasteiger partial charge is 0.341 e. The Morgan fingerprint density at radius 2 is 2.27 bits per heavy atom. The fraction of sp³-hybridized carbons (Fsp3) is 0.545. The summed E-state index contributed by atoms with van der Waals surface area (Å²) in [5, 5.41) is 2.05. The molecule has 0 radical (unpaired) electrons. The molecule has 1 unspecified atom stereocenters. The molecule has 0 fully saturated rings. The first-order chi connectivity index (χ1) is 7.02. The van der Waals surface area contributed by atoms with E-state index in [9.17, 15) is 4.79 Å². The van der Waals surface area contributed by atoms with Crippen molar-refractivity contribution in [1.82, 2.24) is 4.90 Å². The summed E-state index contributed by atoms with van der Waals surface area (Å²) in [7, 11) is 1.81. The third kappa shape index (κ3) is 3.32. The minimum absolute atomic E-state index is 0.000874. The molecule has 0 saturated heterocycles. The van der Waals surface area contributed by atoms with Crippen molar-refractivity contribution in [2.45, 2.75) is 32.4 Å². The molecule has 0 saturated carbocycles. The first-order valence-electron chi connectivity index (χ1n) is 5.07. The summed E-state index contributed by atoms with van der Waals surface area (Å²) in [4.78, 5) is 14.6. The molecule has 1 aromatic rings. The van der Waals surface area contributed by atoms with E-state index < -0.39 is 6.04 Å². The Morgan fingerprint density at radius 1 is 1.60 bits per heavy atom. The Hall–Kier alpha value is -0.870. The number of nitrogens with two attached hydrogens (primary N) is 1. The molecule has 4 heteroatoms. The second kappa shape index (κ2) is 5.28. The third-order valence-corrected chi connectivity index (χ3v) is 3.37. The van der Waals surface area contributed by atoms with Crippen LogP contribution in [0.1, 0.15) is 18.7 Å². The van der Waals surface area contributed by atoms with Gasteiger partial charge in [0.15, 0.2) is 0 Å². The standard InChI is InChI=1S/C11H18N2OS/c1-8(7-10-5-4-6-15-10)13(3)11(14)9(2)12/h4-6,8-9H,7,12H2,1-3H3/t8?,9-/m1/s1. The van der Waals surface area contributed by atoms with Gasteiger partial charge < -0.3 is 10.6 Å². The average Bonchev–Trinajstić information content (AvgIpc) is 2.67. The predicted octanol–water partition coefficient (Wildman–Crippen LogP) is 1.48. The highest BCUT2D eigenvalue weighted by Crippen LogP contribution is 2.13. The number of nitrogens with zero attached hydrogens (tertiary/aromatic N) is 1. The highest BCUT2D eigenvalue weighted by Gasteiger charge is 2.19. The van der Waals surface area contributed by atoms with Crippen molar-refractivity contribution in [2.24, 2.45) is 5.73 Å². The van der Waals surface area contributed by atoms with Gasteiger partial charge in [-0.25, -0.2) is 0 Å². The topological polar surface area (TPSA) is 46.3 Å². The molecule has 15 heavy (non-hydrogen) atoms. The van der Waals surface area contributed by atoms with Crippen LogP contribution in [0.3, 0.4) is 0 Å². The van der Waals surface area contributed by atoms with Crippen LogP contribution in [0.5, 0.6) is 0 Å². The van der Waals surface area contributed by atoms with Gasteiger partial charge in [0.1, 0.15) is 0 Å². The van der Waals surface area contributed by atoms with E-state index in [1.807, 2.05) is 20.0 Å². The van der Waals surface area contributed by atoms with E-state index in [1.165, 1.54) is 4.88 Å². The smallest absolute Gasteiger partial charge is 0.239 e. The molecule has 0 spiro atoms. The molecule has 1 aromatic heterocycles. The lowest BCUT2D eigenvalue weighted by atomic mass is 10.1. The molecule has 0 aliphatic carbocycles. The molecule has 3 nitrogen and oxygen atoms in total. The zero-order valence-corrected chi connectivity index (χ0v) is 10.3. The summed E-state index contributed by atoms with van der Waals surface area (Å²) in [5.41, 5.74) is 5.56. The van der Waals surface area contributed by atoms with Gasteiger partial charge in [-0.1, -0.05) is 6.07 Å². The van der Waals surface area contributed by atoms with Gasteiger partial charge >= 0.3 is 0 Å². The molecule has 1 amide bonds. The molecule has 84 valence electrons. The SMILES string of the molecule is CC(Cc1cccs1)N(C)C(=O)[C@@H](C)N. The maximum absolute atomic E-state index is 11.6. The molecule has 0 aliphatic rings. The van der Waals surface area contributed by atoms with Gasteiger partial charge in [0.05, 0.1) is 6.04 Å². The molecular formula is C11H18N2OS. The maximum atomic E-state index is 11.6. The summed E-state index contributed by atoms with van der Waals surface area (Å²) in [5.74, 6) is -0.000874. The fourth-order valence-corrected chi connectivity index (χ4v) is 2.22. The van der Waals surface area contributed by atoms with Crippen LogP contribution in [0.15, 0.2) is 17.5 Å². The van der Waals surface area contributed by atoms with Crippen LogP contribution in [0.4, 0.5) is 0 Å². The van der Waals surface area contributed by atoms with E-state index in [1.54, 1.807) is 23.2 Å². The highest BCUT2D eigenvalue weighted by molar-refractivity contribution is 7.09. The van der Waals surface area contributed by atoms with Crippen molar-refractivity contribution in [3.8, 4) is 0 Å². The van der Waals surface area contributed by atoms with Gasteiger partial charge in [-0.15, -0.1) is 11.3 Å². The monoisotopic (exact) mass is 226 g/mol. The van der Waals surface area contributed by atoms with Crippen LogP contribution >= 0.6 is 11.3 Å². The quantitative estimate of drug-likeness (QED) is 0.845. The van der Waals surface area contributed by atoms with Gasteiger partial charge in [0.2, 0.25) is 5.91 Å². The number of rotatable bonds is 4. The molecule has 1 heterocycles. The first kappa shape index (κ1) is 12.2. The van der Waals surface area contributed by atoms with Crippen molar-refractivity contribution >= 4 is 17.2 Å². The highest BCUT2D eigenvalue weighted by atomic mass is 32.1. The number of amides is 1. The summed E-state index contributed by atoms with van der Waals surface area (Å²) in [6.45, 7) is 3.76. The summed E-state index contributed by atoms with van der Waals surface area (Å²) >= 11 is 1.72. The number of likely N-dealkylation sites (N-methyl/N-ethyl adjacent to an activating group) is 1. The Balaban J connectivity index is 2.53. The Labute approximate surface area is 94.9 Å². The number of hydrogen-bond acceptors (Lipinski definition) is 3. The minimum Gasteiger partial charge on any atom is -0.341 e. The third-order valence-electron chi connectivity index (χ3n) is 2.48. The van der Waals surface area contributed by atoms with Gasteiger partial charge in [-0.3, -0.25) is 4.79 Å². The number of carbonyl (C=O) groups excluding carboxylic acids is 1. The second-order valence-corrected chi connectivity index (χ2v) is 4.90. The molecule has 1 rings (SSSR count). The van der Waals surface area contributed by atoms with Crippen LogP contribution in [-0.4, -0.2) is 29.9 Å². The fourth-order valence-electron chi connectivity index (χ4n) is 1.40. The second-order valence-electron chi connectivity index (χ2n) is 3.87. The van der Waals surface area contributed by atoms with Gasteiger partial charge in [-0.05, 0) is 25.3 Å². The van der Waals surface area contributed by atoms with E-state index in [0.717, 1.165) is 6.42 Å². The molecule has 0 bridgehead atoms. The molecule has 2 N–H and O–H groups in total. The summed E-state index contributed by atoms with van der Waals surface area (Å²) in [6, 6.07) is 3.90. The lowest BCUT2D eigenvalue weighted by molar-refractivity contribution is -0.132. The Morgan fingerprint density at radius 3 is 2.73 bits per heavy atom. The van der Waals surface area contributed by atoms with Gasteiger partial charge in [0, 0.05) is 24.4 Å². The van der Waals surface area contributed by atoms with E-state index in [2.05, 4.69) is 11.4 Å². The van der Waals surface area contributed by atoms with Crippen LogP contribution in [0, 0.1) is 0 Å². The van der Waals surface area contributed by atoms with Crippen molar-refractivity contribution < 1.29 is 4.79 Å². The zero-order valence-electron chi connectivity index (χ0n) is 9.43. The lowest BCUT2D eigenvalue weighted by Crippen LogP contribution is -2.44. The normalized spacial score (nSPS) is 14.7. The van der Waals surface area contributed by atoms with Crippen LogP contribution < -0.4 is 5.73 Å². The van der Waals surface area contributed by atoms with E-state index >= 15 is 0 Å². The van der Waals surface area contributed by atoms with E-state index in [-0.39, 0.29) is 11.9 Å². The maximum Gasteiger partial charge on any atom is 0.239 e. The number of hydrogen-bond donors (Lipinski definition) is 1. The molecule has 0 aliphatic heterocycles. The lowest BCUT2D eigenvalue weighted by Gasteiger charge is -2.26. The van der Waals surface area contributed by atoms with Crippen molar-refractivity contribution in [2.75, 3.05) is 7.05 Å². The average molecular weight is 226 g/mol. The molecule has 2 atom stereocenters. The van der Waals surface area contributed by atoms with Gasteiger partial charge in [0.25, 0.3) is 0 Å². The zero-order chi connectivity index (χ0) is 11.4.